The summed E-state index contributed by atoms with van der Waals surface area (Å²) in [5, 5.41) is 1.12. The number of hydrogen-bond donors (Lipinski definition) is 0. The summed E-state index contributed by atoms with van der Waals surface area (Å²) >= 11 is 1.76. The van der Waals surface area contributed by atoms with Crippen LogP contribution in [-0.4, -0.2) is 11.6 Å². The van der Waals surface area contributed by atoms with Crippen LogP contribution in [0, 0.1) is 12.8 Å². The zero-order valence-electron chi connectivity index (χ0n) is 12.3. The molecule has 1 heterocycles. The molecule has 0 radical (unpaired) electrons. The number of hydrogen-bond acceptors (Lipinski definition) is 3. The molecular weight excluding hydrogens is 254 g/mol. The van der Waals surface area contributed by atoms with Crippen LogP contribution in [0.3, 0.4) is 0 Å². The van der Waals surface area contributed by atoms with E-state index in [0.29, 0.717) is 6.61 Å². The smallest absolute Gasteiger partial charge is 0.146 e. The van der Waals surface area contributed by atoms with Crippen molar-refractivity contribution in [2.45, 2.75) is 47.0 Å². The summed E-state index contributed by atoms with van der Waals surface area (Å²) in [5.74, 6) is 1.88. The molecule has 0 spiro atoms. The fourth-order valence-electron chi connectivity index (χ4n) is 2.20. The van der Waals surface area contributed by atoms with Crippen LogP contribution in [0.25, 0.3) is 10.2 Å². The maximum Gasteiger partial charge on any atom is 0.146 e. The van der Waals surface area contributed by atoms with Gasteiger partial charge < -0.3 is 4.74 Å². The summed E-state index contributed by atoms with van der Waals surface area (Å²) in [5.41, 5.74) is 2.45. The largest absolute Gasteiger partial charge is 0.492 e. The normalized spacial score (nSPS) is 14.1. The highest BCUT2D eigenvalue weighted by Crippen LogP contribution is 2.36. The molecule has 0 unspecified atom stereocenters. The predicted octanol–water partition coefficient (Wildman–Crippen LogP) is 4.98. The lowest BCUT2D eigenvalue weighted by Gasteiger charge is -2.07. The maximum atomic E-state index is 5.72. The molecule has 1 fully saturated rings. The van der Waals surface area contributed by atoms with Crippen LogP contribution < -0.4 is 4.74 Å². The molecule has 0 amide bonds. The number of rotatable bonds is 4. The molecule has 1 aliphatic rings. The summed E-state index contributed by atoms with van der Waals surface area (Å²) in [6, 6.07) is 4.48. The van der Waals surface area contributed by atoms with Crippen LogP contribution in [0.2, 0.25) is 0 Å². The van der Waals surface area contributed by atoms with Crippen molar-refractivity contribution in [1.29, 1.82) is 0 Å². The number of thiazole rings is 1. The van der Waals surface area contributed by atoms with Gasteiger partial charge in [0.15, 0.2) is 0 Å². The molecule has 0 aliphatic heterocycles. The van der Waals surface area contributed by atoms with Crippen LogP contribution in [0.5, 0.6) is 5.75 Å². The van der Waals surface area contributed by atoms with E-state index in [-0.39, 0.29) is 0 Å². The van der Waals surface area contributed by atoms with E-state index in [2.05, 4.69) is 24.0 Å². The van der Waals surface area contributed by atoms with Crippen LogP contribution in [0.4, 0.5) is 0 Å². The number of aryl methyl sites for hydroxylation is 1. The summed E-state index contributed by atoms with van der Waals surface area (Å²) in [6.45, 7) is 8.79. The van der Waals surface area contributed by atoms with Gasteiger partial charge in [-0.1, -0.05) is 13.8 Å². The van der Waals surface area contributed by atoms with E-state index in [1.807, 2.05) is 20.8 Å². The van der Waals surface area contributed by atoms with Gasteiger partial charge in [0.1, 0.15) is 11.3 Å². The van der Waals surface area contributed by atoms with Crippen molar-refractivity contribution in [2.24, 2.45) is 5.92 Å². The molecule has 1 saturated carbocycles. The lowest BCUT2D eigenvalue weighted by Crippen LogP contribution is -1.95. The molecule has 0 saturated heterocycles. The first-order valence-corrected chi connectivity index (χ1v) is 8.10. The van der Waals surface area contributed by atoms with E-state index < -0.39 is 0 Å². The minimum Gasteiger partial charge on any atom is -0.492 e. The molecule has 2 nitrogen and oxygen atoms in total. The fourth-order valence-corrected chi connectivity index (χ4v) is 3.11. The number of benzene rings is 1. The Kier molecular flexibility index (Phi) is 4.81. The van der Waals surface area contributed by atoms with E-state index in [4.69, 9.17) is 4.74 Å². The Labute approximate surface area is 119 Å². The van der Waals surface area contributed by atoms with Gasteiger partial charge in [-0.3, -0.25) is 0 Å². The van der Waals surface area contributed by atoms with Gasteiger partial charge in [0.05, 0.1) is 16.3 Å². The summed E-state index contributed by atoms with van der Waals surface area (Å²) in [6.07, 6.45) is 3.99. The molecular formula is C16H23NOS. The Morgan fingerprint density at radius 3 is 2.68 bits per heavy atom. The molecule has 2 aromatic rings. The molecule has 0 bridgehead atoms. The van der Waals surface area contributed by atoms with E-state index in [0.717, 1.165) is 22.2 Å². The van der Waals surface area contributed by atoms with Crippen molar-refractivity contribution in [3.05, 3.63) is 22.7 Å². The van der Waals surface area contributed by atoms with Gasteiger partial charge in [-0.15, -0.1) is 11.3 Å². The first kappa shape index (κ1) is 14.3. The number of nitrogens with zero attached hydrogens (tertiary/aromatic N) is 1. The third-order valence-electron chi connectivity index (χ3n) is 3.15. The van der Waals surface area contributed by atoms with E-state index >= 15 is 0 Å². The minimum absolute atomic E-state index is 0.707. The van der Waals surface area contributed by atoms with E-state index in [9.17, 15) is 0 Å². The molecule has 19 heavy (non-hydrogen) atoms. The fraction of sp³-hybridized carbons (Fsp3) is 0.562. The standard InChI is InChI=1S/C14H17NOS.C2H6/c1-3-16-12-7-11(6-10-4-5-10)8-13-14(12)15-9(2)17-13;1-2/h7-8,10H,3-6H2,1-2H3;1-2H3. The second-order valence-corrected chi connectivity index (χ2v) is 5.99. The topological polar surface area (TPSA) is 22.1 Å². The maximum absolute atomic E-state index is 5.72. The van der Waals surface area contributed by atoms with Gasteiger partial charge in [0.25, 0.3) is 0 Å². The Morgan fingerprint density at radius 2 is 2.05 bits per heavy atom. The van der Waals surface area contributed by atoms with Gasteiger partial charge in [-0.05, 0) is 56.7 Å². The Bertz CT molecular complexity index is 543. The molecule has 0 N–H and O–H groups in total. The predicted molar refractivity (Wildman–Crippen MR) is 83.3 cm³/mol. The van der Waals surface area contributed by atoms with Gasteiger partial charge in [0.2, 0.25) is 0 Å². The highest BCUT2D eigenvalue weighted by molar-refractivity contribution is 7.18. The summed E-state index contributed by atoms with van der Waals surface area (Å²) < 4.78 is 6.99. The number of ether oxygens (including phenoxy) is 1. The Balaban J connectivity index is 0.000000637. The SMILES string of the molecule is CC.CCOc1cc(CC2CC2)cc2sc(C)nc12. The Morgan fingerprint density at radius 1 is 1.32 bits per heavy atom. The zero-order valence-corrected chi connectivity index (χ0v) is 13.1. The lowest BCUT2D eigenvalue weighted by atomic mass is 10.1. The Hall–Kier alpha value is -1.09. The molecule has 1 aliphatic carbocycles. The van der Waals surface area contributed by atoms with Gasteiger partial charge in [0, 0.05) is 0 Å². The molecule has 3 heteroatoms. The van der Waals surface area contributed by atoms with Crippen molar-refractivity contribution in [1.82, 2.24) is 4.98 Å². The third-order valence-corrected chi connectivity index (χ3v) is 4.07. The highest BCUT2D eigenvalue weighted by Gasteiger charge is 2.22. The van der Waals surface area contributed by atoms with E-state index in [1.165, 1.54) is 29.5 Å². The summed E-state index contributed by atoms with van der Waals surface area (Å²) in [7, 11) is 0. The highest BCUT2D eigenvalue weighted by atomic mass is 32.1. The van der Waals surface area contributed by atoms with Gasteiger partial charge >= 0.3 is 0 Å². The average molecular weight is 277 g/mol. The second-order valence-electron chi connectivity index (χ2n) is 4.75. The average Bonchev–Trinajstić information content (AvgIpc) is 3.12. The quantitative estimate of drug-likeness (QED) is 0.786. The summed E-state index contributed by atoms with van der Waals surface area (Å²) in [4.78, 5) is 4.56. The molecule has 1 aromatic heterocycles. The van der Waals surface area contributed by atoms with Crippen molar-refractivity contribution in [3.63, 3.8) is 0 Å². The van der Waals surface area contributed by atoms with Crippen LogP contribution in [0.1, 0.15) is 44.2 Å². The van der Waals surface area contributed by atoms with Crippen LogP contribution >= 0.6 is 11.3 Å². The van der Waals surface area contributed by atoms with Crippen LogP contribution in [-0.2, 0) is 6.42 Å². The lowest BCUT2D eigenvalue weighted by molar-refractivity contribution is 0.343. The van der Waals surface area contributed by atoms with Crippen molar-refractivity contribution in [2.75, 3.05) is 6.61 Å². The number of fused-ring (bicyclic) bond motifs is 1. The monoisotopic (exact) mass is 277 g/mol. The number of aromatic nitrogens is 1. The van der Waals surface area contributed by atoms with Gasteiger partial charge in [-0.25, -0.2) is 4.98 Å². The van der Waals surface area contributed by atoms with E-state index in [1.54, 1.807) is 11.3 Å². The molecule has 0 atom stereocenters. The van der Waals surface area contributed by atoms with Crippen molar-refractivity contribution in [3.8, 4) is 5.75 Å². The molecule has 1 aromatic carbocycles. The van der Waals surface area contributed by atoms with Crippen molar-refractivity contribution >= 4 is 21.6 Å². The van der Waals surface area contributed by atoms with Crippen molar-refractivity contribution < 1.29 is 4.74 Å². The first-order chi connectivity index (χ1) is 9.26. The zero-order chi connectivity index (χ0) is 13.8. The molecule has 3 rings (SSSR count). The minimum atomic E-state index is 0.707. The molecule has 104 valence electrons. The van der Waals surface area contributed by atoms with Gasteiger partial charge in [-0.2, -0.15) is 0 Å². The first-order valence-electron chi connectivity index (χ1n) is 7.29. The van der Waals surface area contributed by atoms with Crippen LogP contribution in [0.15, 0.2) is 12.1 Å². The second kappa shape index (κ2) is 6.38. The third kappa shape index (κ3) is 3.47.